The standard InChI is InChI=1S/C13H24N2O3/c1-4-18-10-7-13(14,12(10,2)3)11(17)15-6-5-9(16)8-15/h9-10,16H,4-8,14H2,1-3H3. The fourth-order valence-electron chi connectivity index (χ4n) is 3.01. The van der Waals surface area contributed by atoms with Crippen molar-refractivity contribution in [3.05, 3.63) is 0 Å². The van der Waals surface area contributed by atoms with Crippen LogP contribution < -0.4 is 5.73 Å². The van der Waals surface area contributed by atoms with E-state index < -0.39 is 11.6 Å². The molecule has 1 aliphatic carbocycles. The maximum Gasteiger partial charge on any atom is 0.243 e. The molecule has 5 nitrogen and oxygen atoms in total. The zero-order chi connectivity index (χ0) is 13.6. The molecule has 1 aliphatic heterocycles. The van der Waals surface area contributed by atoms with Crippen molar-refractivity contribution in [2.24, 2.45) is 11.1 Å². The molecule has 0 radical (unpaired) electrons. The van der Waals surface area contributed by atoms with Crippen LogP contribution >= 0.6 is 0 Å². The van der Waals surface area contributed by atoms with Crippen LogP contribution in [-0.2, 0) is 9.53 Å². The van der Waals surface area contributed by atoms with Gasteiger partial charge in [-0.2, -0.15) is 0 Å². The second-order valence-corrected chi connectivity index (χ2v) is 6.03. The molecule has 0 aromatic heterocycles. The Morgan fingerprint density at radius 3 is 2.67 bits per heavy atom. The Labute approximate surface area is 108 Å². The summed E-state index contributed by atoms with van der Waals surface area (Å²) in [6, 6.07) is 0. The van der Waals surface area contributed by atoms with Gasteiger partial charge < -0.3 is 20.5 Å². The third-order valence-electron chi connectivity index (χ3n) is 4.66. The molecule has 5 heteroatoms. The molecule has 3 unspecified atom stereocenters. The molecule has 0 aromatic carbocycles. The van der Waals surface area contributed by atoms with Crippen LogP contribution in [0.5, 0.6) is 0 Å². The lowest BCUT2D eigenvalue weighted by molar-refractivity contribution is -0.178. The lowest BCUT2D eigenvalue weighted by Crippen LogP contribution is -2.75. The minimum atomic E-state index is -0.850. The largest absolute Gasteiger partial charge is 0.391 e. The maximum absolute atomic E-state index is 12.5. The number of likely N-dealkylation sites (tertiary alicyclic amines) is 1. The molecule has 104 valence electrons. The van der Waals surface area contributed by atoms with Gasteiger partial charge in [0.05, 0.1) is 12.2 Å². The monoisotopic (exact) mass is 256 g/mol. The SMILES string of the molecule is CCOC1CC(N)(C(=O)N2CCC(O)C2)C1(C)C. The van der Waals surface area contributed by atoms with Gasteiger partial charge in [-0.1, -0.05) is 13.8 Å². The van der Waals surface area contributed by atoms with Crippen molar-refractivity contribution in [1.29, 1.82) is 0 Å². The van der Waals surface area contributed by atoms with Gasteiger partial charge in [0, 0.05) is 31.5 Å². The third kappa shape index (κ3) is 1.85. The Morgan fingerprint density at radius 2 is 2.22 bits per heavy atom. The normalized spacial score (nSPS) is 38.6. The molecule has 1 saturated carbocycles. The lowest BCUT2D eigenvalue weighted by Gasteiger charge is -2.58. The molecule has 3 N–H and O–H groups in total. The van der Waals surface area contributed by atoms with Gasteiger partial charge in [0.2, 0.25) is 5.91 Å². The first-order valence-electron chi connectivity index (χ1n) is 6.71. The van der Waals surface area contributed by atoms with Gasteiger partial charge in [-0.25, -0.2) is 0 Å². The summed E-state index contributed by atoms with van der Waals surface area (Å²) in [7, 11) is 0. The van der Waals surface area contributed by atoms with Gasteiger partial charge in [-0.15, -0.1) is 0 Å². The second kappa shape index (κ2) is 4.47. The first kappa shape index (κ1) is 13.8. The van der Waals surface area contributed by atoms with Crippen LogP contribution in [0.3, 0.4) is 0 Å². The molecule has 2 aliphatic rings. The van der Waals surface area contributed by atoms with Gasteiger partial charge in [-0.3, -0.25) is 4.79 Å². The fourth-order valence-corrected chi connectivity index (χ4v) is 3.01. The molecular weight excluding hydrogens is 232 g/mol. The van der Waals surface area contributed by atoms with Crippen LogP contribution in [0.2, 0.25) is 0 Å². The highest BCUT2D eigenvalue weighted by molar-refractivity contribution is 5.89. The Bertz CT molecular complexity index is 345. The van der Waals surface area contributed by atoms with Crippen molar-refractivity contribution >= 4 is 5.91 Å². The fraction of sp³-hybridized carbons (Fsp3) is 0.923. The van der Waals surface area contributed by atoms with Crippen molar-refractivity contribution in [1.82, 2.24) is 4.90 Å². The van der Waals surface area contributed by atoms with E-state index in [0.29, 0.717) is 32.5 Å². The highest BCUT2D eigenvalue weighted by Gasteiger charge is 2.64. The number of hydrogen-bond donors (Lipinski definition) is 2. The van der Waals surface area contributed by atoms with Crippen LogP contribution in [0.4, 0.5) is 0 Å². The van der Waals surface area contributed by atoms with E-state index >= 15 is 0 Å². The van der Waals surface area contributed by atoms with E-state index in [9.17, 15) is 9.90 Å². The Balaban J connectivity index is 2.07. The van der Waals surface area contributed by atoms with Gasteiger partial charge in [0.25, 0.3) is 0 Å². The number of rotatable bonds is 3. The highest BCUT2D eigenvalue weighted by Crippen LogP contribution is 2.50. The van der Waals surface area contributed by atoms with Crippen molar-refractivity contribution in [3.63, 3.8) is 0 Å². The van der Waals surface area contributed by atoms with Gasteiger partial charge in [0.1, 0.15) is 5.54 Å². The zero-order valence-electron chi connectivity index (χ0n) is 11.5. The van der Waals surface area contributed by atoms with Crippen molar-refractivity contribution < 1.29 is 14.6 Å². The molecule has 2 rings (SSSR count). The number of aliphatic hydroxyl groups excluding tert-OH is 1. The molecule has 1 amide bonds. The minimum absolute atomic E-state index is 0.0417. The summed E-state index contributed by atoms with van der Waals surface area (Å²) < 4.78 is 5.62. The van der Waals surface area contributed by atoms with E-state index in [0.717, 1.165) is 0 Å². The van der Waals surface area contributed by atoms with E-state index in [4.69, 9.17) is 10.5 Å². The average molecular weight is 256 g/mol. The number of amides is 1. The van der Waals surface area contributed by atoms with Crippen molar-refractivity contribution in [2.75, 3.05) is 19.7 Å². The predicted molar refractivity (Wildman–Crippen MR) is 67.9 cm³/mol. The van der Waals surface area contributed by atoms with Crippen molar-refractivity contribution in [3.8, 4) is 0 Å². The number of nitrogens with two attached hydrogens (primary N) is 1. The zero-order valence-corrected chi connectivity index (χ0v) is 11.5. The number of carbonyl (C=O) groups excluding carboxylic acids is 1. The van der Waals surface area contributed by atoms with Crippen LogP contribution in [0.15, 0.2) is 0 Å². The number of hydrogen-bond acceptors (Lipinski definition) is 4. The number of nitrogens with zero attached hydrogens (tertiary/aromatic N) is 1. The number of β-amino-alcohol motifs (C(OH)–C–C–N with tert-alkyl or cyclic N) is 1. The van der Waals surface area contributed by atoms with Gasteiger partial charge >= 0.3 is 0 Å². The first-order chi connectivity index (χ1) is 8.33. The van der Waals surface area contributed by atoms with Crippen molar-refractivity contribution in [2.45, 2.75) is 51.4 Å². The Morgan fingerprint density at radius 1 is 1.56 bits per heavy atom. The van der Waals surface area contributed by atoms with Gasteiger partial charge in [-0.05, 0) is 13.3 Å². The van der Waals surface area contributed by atoms with Crippen LogP contribution in [-0.4, -0.2) is 53.4 Å². The molecular formula is C13H24N2O3. The molecule has 2 fully saturated rings. The Hall–Kier alpha value is -0.650. The molecule has 18 heavy (non-hydrogen) atoms. The highest BCUT2D eigenvalue weighted by atomic mass is 16.5. The summed E-state index contributed by atoms with van der Waals surface area (Å²) in [6.07, 6.45) is 0.864. The quantitative estimate of drug-likeness (QED) is 0.751. The Kier molecular flexibility index (Phi) is 3.42. The summed E-state index contributed by atoms with van der Waals surface area (Å²) >= 11 is 0. The topological polar surface area (TPSA) is 75.8 Å². The second-order valence-electron chi connectivity index (χ2n) is 6.03. The predicted octanol–water partition coefficient (Wildman–Crippen LogP) is 0.112. The third-order valence-corrected chi connectivity index (χ3v) is 4.66. The van der Waals surface area contributed by atoms with Crippen LogP contribution in [0.1, 0.15) is 33.6 Å². The number of ether oxygens (including phenoxy) is 1. The van der Waals surface area contributed by atoms with E-state index in [-0.39, 0.29) is 17.4 Å². The lowest BCUT2D eigenvalue weighted by atomic mass is 9.54. The summed E-state index contributed by atoms with van der Waals surface area (Å²) in [4.78, 5) is 14.2. The summed E-state index contributed by atoms with van der Waals surface area (Å²) in [5.41, 5.74) is 5.11. The van der Waals surface area contributed by atoms with E-state index in [1.54, 1.807) is 4.90 Å². The molecule has 1 heterocycles. The summed E-state index contributed by atoms with van der Waals surface area (Å²) in [5, 5.41) is 9.51. The molecule has 0 spiro atoms. The van der Waals surface area contributed by atoms with Crippen LogP contribution in [0.25, 0.3) is 0 Å². The van der Waals surface area contributed by atoms with Gasteiger partial charge in [0.15, 0.2) is 0 Å². The summed E-state index contributed by atoms with van der Waals surface area (Å²) in [5.74, 6) is -0.0417. The number of carbonyl (C=O) groups is 1. The van der Waals surface area contributed by atoms with E-state index in [1.807, 2.05) is 20.8 Å². The van der Waals surface area contributed by atoms with E-state index in [1.165, 1.54) is 0 Å². The molecule has 1 saturated heterocycles. The average Bonchev–Trinajstić information content (AvgIpc) is 2.74. The minimum Gasteiger partial charge on any atom is -0.391 e. The first-order valence-corrected chi connectivity index (χ1v) is 6.71. The maximum atomic E-state index is 12.5. The molecule has 0 bridgehead atoms. The smallest absolute Gasteiger partial charge is 0.243 e. The van der Waals surface area contributed by atoms with Crippen LogP contribution in [0, 0.1) is 5.41 Å². The summed E-state index contributed by atoms with van der Waals surface area (Å²) in [6.45, 7) is 7.58. The number of aliphatic hydroxyl groups is 1. The molecule has 3 atom stereocenters. The van der Waals surface area contributed by atoms with E-state index in [2.05, 4.69) is 0 Å². The molecule has 0 aromatic rings.